The van der Waals surface area contributed by atoms with Crippen LogP contribution in [-0.4, -0.2) is 48.6 Å². The van der Waals surface area contributed by atoms with Gasteiger partial charge in [0, 0.05) is 37.8 Å². The third kappa shape index (κ3) is 5.07. The first-order chi connectivity index (χ1) is 16.1. The second-order valence-electron chi connectivity index (χ2n) is 7.75. The lowest BCUT2D eigenvalue weighted by molar-refractivity contribution is 0.0744. The van der Waals surface area contributed by atoms with Crippen LogP contribution in [0.2, 0.25) is 0 Å². The Balaban J connectivity index is 1.42. The SMILES string of the molecule is CCOc1ccc(/C=C/c2nc(C#N)c(N3CCN(C(=O)c4ccccc4C)CC3)o2)cc1. The van der Waals surface area contributed by atoms with Crippen LogP contribution < -0.4 is 9.64 Å². The van der Waals surface area contributed by atoms with E-state index in [-0.39, 0.29) is 11.6 Å². The Morgan fingerprint density at radius 2 is 1.85 bits per heavy atom. The minimum Gasteiger partial charge on any atom is -0.494 e. The molecule has 0 atom stereocenters. The van der Waals surface area contributed by atoms with Gasteiger partial charge in [-0.2, -0.15) is 10.2 Å². The van der Waals surface area contributed by atoms with Crippen molar-refractivity contribution in [1.82, 2.24) is 9.88 Å². The van der Waals surface area contributed by atoms with Crippen molar-refractivity contribution in [3.63, 3.8) is 0 Å². The zero-order valence-electron chi connectivity index (χ0n) is 18.8. The van der Waals surface area contributed by atoms with Crippen LogP contribution in [0.3, 0.4) is 0 Å². The van der Waals surface area contributed by atoms with E-state index < -0.39 is 0 Å². The predicted molar refractivity (Wildman–Crippen MR) is 127 cm³/mol. The maximum atomic E-state index is 12.9. The van der Waals surface area contributed by atoms with E-state index in [4.69, 9.17) is 9.15 Å². The summed E-state index contributed by atoms with van der Waals surface area (Å²) in [6.07, 6.45) is 3.63. The number of rotatable bonds is 6. The van der Waals surface area contributed by atoms with Crippen LogP contribution in [0.5, 0.6) is 5.75 Å². The number of nitriles is 1. The monoisotopic (exact) mass is 442 g/mol. The minimum absolute atomic E-state index is 0.0322. The molecule has 0 saturated carbocycles. The first-order valence-corrected chi connectivity index (χ1v) is 11.0. The minimum atomic E-state index is 0.0322. The van der Waals surface area contributed by atoms with Crippen LogP contribution >= 0.6 is 0 Å². The predicted octanol–water partition coefficient (Wildman–Crippen LogP) is 4.39. The highest BCUT2D eigenvalue weighted by Gasteiger charge is 2.27. The molecule has 7 heteroatoms. The fourth-order valence-electron chi connectivity index (χ4n) is 3.79. The molecule has 2 heterocycles. The molecule has 0 radical (unpaired) electrons. The van der Waals surface area contributed by atoms with E-state index in [1.807, 2.05) is 78.3 Å². The van der Waals surface area contributed by atoms with Crippen LogP contribution in [0, 0.1) is 18.3 Å². The normalized spacial score (nSPS) is 13.8. The molecule has 3 aromatic rings. The molecular weight excluding hydrogens is 416 g/mol. The average molecular weight is 443 g/mol. The lowest BCUT2D eigenvalue weighted by Gasteiger charge is -2.34. The molecule has 2 aromatic carbocycles. The van der Waals surface area contributed by atoms with Gasteiger partial charge < -0.3 is 19.0 Å². The summed E-state index contributed by atoms with van der Waals surface area (Å²) in [7, 11) is 0. The molecule has 1 aliphatic rings. The number of anilines is 1. The van der Waals surface area contributed by atoms with Crippen LogP contribution in [0.25, 0.3) is 12.2 Å². The van der Waals surface area contributed by atoms with Crippen molar-refractivity contribution in [3.8, 4) is 11.8 Å². The van der Waals surface area contributed by atoms with Gasteiger partial charge in [-0.25, -0.2) is 0 Å². The van der Waals surface area contributed by atoms with Crippen LogP contribution in [0.15, 0.2) is 52.9 Å². The number of amides is 1. The summed E-state index contributed by atoms with van der Waals surface area (Å²) >= 11 is 0. The number of nitrogens with zero attached hydrogens (tertiary/aromatic N) is 4. The second kappa shape index (κ2) is 10.0. The molecular formula is C26H26N4O3. The third-order valence-corrected chi connectivity index (χ3v) is 5.57. The van der Waals surface area contributed by atoms with Crippen molar-refractivity contribution in [3.05, 3.63) is 76.8 Å². The van der Waals surface area contributed by atoms with Gasteiger partial charge in [0.25, 0.3) is 5.91 Å². The molecule has 7 nitrogen and oxygen atoms in total. The summed E-state index contributed by atoms with van der Waals surface area (Å²) in [4.78, 5) is 21.0. The van der Waals surface area contributed by atoms with Crippen LogP contribution in [-0.2, 0) is 0 Å². The van der Waals surface area contributed by atoms with E-state index in [0.29, 0.717) is 44.6 Å². The first-order valence-electron chi connectivity index (χ1n) is 11.0. The molecule has 168 valence electrons. The van der Waals surface area contributed by atoms with Crippen LogP contribution in [0.1, 0.15) is 40.0 Å². The second-order valence-corrected chi connectivity index (χ2v) is 7.75. The van der Waals surface area contributed by atoms with E-state index in [1.165, 1.54) is 0 Å². The molecule has 4 rings (SSSR count). The fraction of sp³-hybridized carbons (Fsp3) is 0.269. The molecule has 0 unspecified atom stereocenters. The Bertz CT molecular complexity index is 1180. The number of piperazine rings is 1. The molecule has 1 saturated heterocycles. The summed E-state index contributed by atoms with van der Waals surface area (Å²) in [6, 6.07) is 17.4. The van der Waals surface area contributed by atoms with E-state index in [2.05, 4.69) is 11.1 Å². The fourth-order valence-corrected chi connectivity index (χ4v) is 3.79. The van der Waals surface area contributed by atoms with Gasteiger partial charge in [0.2, 0.25) is 17.5 Å². The largest absolute Gasteiger partial charge is 0.494 e. The number of benzene rings is 2. The highest BCUT2D eigenvalue weighted by atomic mass is 16.5. The van der Waals surface area contributed by atoms with Crippen molar-refractivity contribution in [2.75, 3.05) is 37.7 Å². The molecule has 0 bridgehead atoms. The Labute approximate surface area is 193 Å². The molecule has 33 heavy (non-hydrogen) atoms. The Morgan fingerprint density at radius 1 is 1.12 bits per heavy atom. The lowest BCUT2D eigenvalue weighted by atomic mass is 10.1. The van der Waals surface area contributed by atoms with Gasteiger partial charge >= 0.3 is 0 Å². The molecule has 1 aromatic heterocycles. The number of aryl methyl sites for hydroxylation is 1. The number of carbonyl (C=O) groups is 1. The maximum absolute atomic E-state index is 12.9. The van der Waals surface area contributed by atoms with Crippen molar-refractivity contribution >= 4 is 23.9 Å². The van der Waals surface area contributed by atoms with Gasteiger partial charge in [0.1, 0.15) is 11.8 Å². The Hall–Kier alpha value is -4.05. The molecule has 1 amide bonds. The van der Waals surface area contributed by atoms with Crippen LogP contribution in [0.4, 0.5) is 5.88 Å². The summed E-state index contributed by atoms with van der Waals surface area (Å²) in [5.41, 5.74) is 2.92. The van der Waals surface area contributed by atoms with E-state index in [0.717, 1.165) is 22.4 Å². The van der Waals surface area contributed by atoms with Gasteiger partial charge in [-0.3, -0.25) is 4.79 Å². The van der Waals surface area contributed by atoms with Gasteiger partial charge in [0.15, 0.2) is 0 Å². The molecule has 0 N–H and O–H groups in total. The number of carbonyl (C=O) groups excluding carboxylic acids is 1. The number of hydrogen-bond donors (Lipinski definition) is 0. The average Bonchev–Trinajstić information content (AvgIpc) is 3.27. The summed E-state index contributed by atoms with van der Waals surface area (Å²) in [6.45, 7) is 6.76. The number of oxazole rings is 1. The quantitative estimate of drug-likeness (QED) is 0.563. The number of ether oxygens (including phenoxy) is 1. The maximum Gasteiger partial charge on any atom is 0.254 e. The van der Waals surface area contributed by atoms with E-state index in [9.17, 15) is 10.1 Å². The zero-order chi connectivity index (χ0) is 23.2. The molecule has 1 fully saturated rings. The van der Waals surface area contributed by atoms with Crippen molar-refractivity contribution < 1.29 is 13.9 Å². The van der Waals surface area contributed by atoms with Crippen molar-refractivity contribution in [2.45, 2.75) is 13.8 Å². The topological polar surface area (TPSA) is 82.6 Å². The molecule has 1 aliphatic heterocycles. The van der Waals surface area contributed by atoms with Crippen molar-refractivity contribution in [2.24, 2.45) is 0 Å². The highest BCUT2D eigenvalue weighted by molar-refractivity contribution is 5.95. The number of hydrogen-bond acceptors (Lipinski definition) is 6. The molecule has 0 spiro atoms. The number of aromatic nitrogens is 1. The van der Waals surface area contributed by atoms with Gasteiger partial charge in [-0.15, -0.1) is 0 Å². The summed E-state index contributed by atoms with van der Waals surface area (Å²) in [5, 5.41) is 9.55. The van der Waals surface area contributed by atoms with E-state index >= 15 is 0 Å². The standard InChI is InChI=1S/C26H26N4O3/c1-3-32-21-11-8-20(9-12-21)10-13-24-28-23(18-27)26(33-24)30-16-14-29(15-17-30)25(31)22-7-5-4-6-19(22)2/h4-13H,3,14-17H2,1-2H3/b13-10+. The summed E-state index contributed by atoms with van der Waals surface area (Å²) in [5.74, 6) is 1.67. The third-order valence-electron chi connectivity index (χ3n) is 5.57. The van der Waals surface area contributed by atoms with Gasteiger partial charge in [-0.1, -0.05) is 30.3 Å². The van der Waals surface area contributed by atoms with Gasteiger partial charge in [0.05, 0.1) is 6.61 Å². The van der Waals surface area contributed by atoms with E-state index in [1.54, 1.807) is 6.08 Å². The molecule has 0 aliphatic carbocycles. The Kier molecular flexibility index (Phi) is 6.75. The van der Waals surface area contributed by atoms with Gasteiger partial charge in [-0.05, 0) is 49.2 Å². The lowest BCUT2D eigenvalue weighted by Crippen LogP contribution is -2.49. The Morgan fingerprint density at radius 3 is 2.52 bits per heavy atom. The first kappa shape index (κ1) is 22.2. The van der Waals surface area contributed by atoms with Crippen molar-refractivity contribution in [1.29, 1.82) is 5.26 Å². The smallest absolute Gasteiger partial charge is 0.254 e. The highest BCUT2D eigenvalue weighted by Crippen LogP contribution is 2.25. The zero-order valence-corrected chi connectivity index (χ0v) is 18.8. The summed E-state index contributed by atoms with van der Waals surface area (Å²) < 4.78 is 11.4.